The predicted molar refractivity (Wildman–Crippen MR) is 90.8 cm³/mol. The van der Waals surface area contributed by atoms with E-state index in [0.717, 1.165) is 0 Å². The van der Waals surface area contributed by atoms with Gasteiger partial charge in [0.1, 0.15) is 11.9 Å². The zero-order valence-corrected chi connectivity index (χ0v) is 14.3. The Hall–Kier alpha value is -3.16. The van der Waals surface area contributed by atoms with E-state index < -0.39 is 36.2 Å². The number of nitrogens with one attached hydrogen (secondary N) is 2. The summed E-state index contributed by atoms with van der Waals surface area (Å²) in [7, 11) is 0. The first-order valence-electron chi connectivity index (χ1n) is 7.94. The van der Waals surface area contributed by atoms with Gasteiger partial charge >= 0.3 is 5.97 Å². The molecule has 2 rings (SSSR count). The van der Waals surface area contributed by atoms with Crippen LogP contribution in [0.5, 0.6) is 0 Å². The highest BCUT2D eigenvalue weighted by molar-refractivity contribution is 5.96. The normalized spacial score (nSPS) is 11.7. The molecule has 1 heterocycles. The number of carbonyl (C=O) groups is 3. The number of para-hydroxylation sites is 1. The van der Waals surface area contributed by atoms with Gasteiger partial charge in [0.25, 0.3) is 11.8 Å². The van der Waals surface area contributed by atoms with Crippen LogP contribution in [0.1, 0.15) is 24.4 Å². The van der Waals surface area contributed by atoms with Gasteiger partial charge in [0.2, 0.25) is 0 Å². The molecule has 0 radical (unpaired) electrons. The van der Waals surface area contributed by atoms with Crippen molar-refractivity contribution in [3.63, 3.8) is 0 Å². The van der Waals surface area contributed by atoms with Gasteiger partial charge in [-0.2, -0.15) is 0 Å². The molecule has 0 saturated heterocycles. The van der Waals surface area contributed by atoms with Gasteiger partial charge in [0.15, 0.2) is 12.4 Å². The van der Waals surface area contributed by atoms with E-state index in [9.17, 15) is 18.8 Å². The minimum Gasteiger partial charge on any atom is -0.459 e. The maximum atomic E-state index is 13.5. The molecule has 2 aromatic rings. The lowest BCUT2D eigenvalue weighted by atomic mass is 10.0. The van der Waals surface area contributed by atoms with Crippen LogP contribution in [0, 0.1) is 11.7 Å². The summed E-state index contributed by atoms with van der Waals surface area (Å²) in [5, 5.41) is 4.81. The number of benzene rings is 1. The van der Waals surface area contributed by atoms with E-state index >= 15 is 0 Å². The number of hydrogen-bond donors (Lipinski definition) is 2. The van der Waals surface area contributed by atoms with E-state index in [2.05, 4.69) is 10.6 Å². The SMILES string of the molecule is CC(C)[C@H](NC(=O)c1ccco1)C(=O)OCC(=O)Nc1ccccc1F. The lowest BCUT2D eigenvalue weighted by Gasteiger charge is -2.20. The molecule has 2 amide bonds. The number of hydrogen-bond acceptors (Lipinski definition) is 5. The van der Waals surface area contributed by atoms with Crippen molar-refractivity contribution in [1.29, 1.82) is 0 Å². The molecule has 0 saturated carbocycles. The van der Waals surface area contributed by atoms with Crippen LogP contribution in [0.2, 0.25) is 0 Å². The topological polar surface area (TPSA) is 97.6 Å². The van der Waals surface area contributed by atoms with Gasteiger partial charge in [-0.25, -0.2) is 9.18 Å². The second-order valence-electron chi connectivity index (χ2n) is 5.81. The Morgan fingerprint density at radius 2 is 1.88 bits per heavy atom. The van der Waals surface area contributed by atoms with Crippen molar-refractivity contribution in [2.45, 2.75) is 19.9 Å². The van der Waals surface area contributed by atoms with E-state index in [-0.39, 0.29) is 17.4 Å². The number of carbonyl (C=O) groups excluding carboxylic acids is 3. The summed E-state index contributed by atoms with van der Waals surface area (Å²) in [6.07, 6.45) is 1.34. The molecule has 8 heteroatoms. The van der Waals surface area contributed by atoms with Gasteiger partial charge in [-0.05, 0) is 30.2 Å². The molecule has 0 aliphatic rings. The van der Waals surface area contributed by atoms with Crippen LogP contribution in [0.3, 0.4) is 0 Å². The van der Waals surface area contributed by atoms with E-state index in [1.165, 1.54) is 30.5 Å². The second kappa shape index (κ2) is 8.80. The van der Waals surface area contributed by atoms with Crippen LogP contribution in [-0.4, -0.2) is 30.4 Å². The number of rotatable bonds is 7. The van der Waals surface area contributed by atoms with Crippen LogP contribution >= 0.6 is 0 Å². The number of anilines is 1. The van der Waals surface area contributed by atoms with Gasteiger partial charge in [-0.3, -0.25) is 9.59 Å². The van der Waals surface area contributed by atoms with Crippen LogP contribution < -0.4 is 10.6 Å². The average Bonchev–Trinajstić information content (AvgIpc) is 3.14. The second-order valence-corrected chi connectivity index (χ2v) is 5.81. The summed E-state index contributed by atoms with van der Waals surface area (Å²) in [6, 6.07) is 7.67. The molecule has 0 unspecified atom stereocenters. The highest BCUT2D eigenvalue weighted by atomic mass is 19.1. The molecule has 26 heavy (non-hydrogen) atoms. The van der Waals surface area contributed by atoms with Crippen LogP contribution in [0.15, 0.2) is 47.1 Å². The van der Waals surface area contributed by atoms with Crippen molar-refractivity contribution in [3.05, 3.63) is 54.2 Å². The van der Waals surface area contributed by atoms with Crippen molar-refractivity contribution >= 4 is 23.5 Å². The van der Waals surface area contributed by atoms with Crippen molar-refractivity contribution in [3.8, 4) is 0 Å². The number of amides is 2. The number of halogens is 1. The first-order valence-corrected chi connectivity index (χ1v) is 7.94. The fourth-order valence-electron chi connectivity index (χ4n) is 2.09. The lowest BCUT2D eigenvalue weighted by molar-refractivity contribution is -0.150. The standard InChI is InChI=1S/C18H19FN2O5/c1-11(2)16(21-17(23)14-8-5-9-25-14)18(24)26-10-15(22)20-13-7-4-3-6-12(13)19/h3-9,11,16H,10H2,1-2H3,(H,20,22)(H,21,23)/t16-/m0/s1. The fraction of sp³-hybridized carbons (Fsp3) is 0.278. The molecule has 2 N–H and O–H groups in total. The third-order valence-electron chi connectivity index (χ3n) is 3.45. The van der Waals surface area contributed by atoms with E-state index in [1.807, 2.05) is 0 Å². The minimum atomic E-state index is -0.964. The Morgan fingerprint density at radius 3 is 2.50 bits per heavy atom. The Labute approximate surface area is 149 Å². The van der Waals surface area contributed by atoms with Crippen molar-refractivity contribution in [2.24, 2.45) is 5.92 Å². The summed E-state index contributed by atoms with van der Waals surface area (Å²) in [4.78, 5) is 36.0. The molecule has 0 aliphatic heterocycles. The molecule has 1 aromatic heterocycles. The Morgan fingerprint density at radius 1 is 1.15 bits per heavy atom. The number of furan rings is 1. The van der Waals surface area contributed by atoms with Crippen LogP contribution in [-0.2, 0) is 14.3 Å². The molecular weight excluding hydrogens is 343 g/mol. The minimum absolute atomic E-state index is 0.0138. The maximum absolute atomic E-state index is 13.5. The van der Waals surface area contributed by atoms with Crippen LogP contribution in [0.25, 0.3) is 0 Å². The zero-order chi connectivity index (χ0) is 19.1. The lowest BCUT2D eigenvalue weighted by Crippen LogP contribution is -2.45. The molecular formula is C18H19FN2O5. The molecule has 7 nitrogen and oxygen atoms in total. The first-order chi connectivity index (χ1) is 12.4. The highest BCUT2D eigenvalue weighted by Crippen LogP contribution is 2.12. The van der Waals surface area contributed by atoms with Crippen molar-refractivity contribution in [1.82, 2.24) is 5.32 Å². The molecule has 0 aliphatic carbocycles. The van der Waals surface area contributed by atoms with Gasteiger partial charge in [0, 0.05) is 0 Å². The number of esters is 1. The third-order valence-corrected chi connectivity index (χ3v) is 3.45. The first kappa shape index (κ1) is 19.2. The van der Waals surface area contributed by atoms with Crippen LogP contribution in [0.4, 0.5) is 10.1 Å². The largest absolute Gasteiger partial charge is 0.459 e. The smallest absolute Gasteiger partial charge is 0.329 e. The van der Waals surface area contributed by atoms with E-state index in [4.69, 9.17) is 9.15 Å². The third kappa shape index (κ3) is 5.17. The summed E-state index contributed by atoms with van der Waals surface area (Å²) < 4.78 is 23.4. The zero-order valence-electron chi connectivity index (χ0n) is 14.3. The number of ether oxygens (including phenoxy) is 1. The van der Waals surface area contributed by atoms with E-state index in [1.54, 1.807) is 26.0 Å². The summed E-state index contributed by atoms with van der Waals surface area (Å²) in [6.45, 7) is 2.83. The average molecular weight is 362 g/mol. The summed E-state index contributed by atoms with van der Waals surface area (Å²) in [5.41, 5.74) is -0.0138. The van der Waals surface area contributed by atoms with Crippen molar-refractivity contribution in [2.75, 3.05) is 11.9 Å². The molecule has 138 valence electrons. The Balaban J connectivity index is 1.90. The molecule has 0 fully saturated rings. The highest BCUT2D eigenvalue weighted by Gasteiger charge is 2.27. The van der Waals surface area contributed by atoms with E-state index in [0.29, 0.717) is 0 Å². The monoisotopic (exact) mass is 362 g/mol. The van der Waals surface area contributed by atoms with Gasteiger partial charge in [-0.1, -0.05) is 26.0 Å². The fourth-order valence-corrected chi connectivity index (χ4v) is 2.09. The Kier molecular flexibility index (Phi) is 6.48. The Bertz CT molecular complexity index is 774. The maximum Gasteiger partial charge on any atom is 0.329 e. The molecule has 0 bridgehead atoms. The predicted octanol–water partition coefficient (Wildman–Crippen LogP) is 2.36. The summed E-state index contributed by atoms with van der Waals surface area (Å²) in [5.74, 6) is -2.86. The van der Waals surface area contributed by atoms with Crippen molar-refractivity contribution < 1.29 is 27.9 Å². The molecule has 0 spiro atoms. The summed E-state index contributed by atoms with van der Waals surface area (Å²) >= 11 is 0. The quantitative estimate of drug-likeness (QED) is 0.737. The molecule has 1 atom stereocenters. The molecule has 1 aromatic carbocycles. The van der Waals surface area contributed by atoms with Gasteiger partial charge < -0.3 is 19.8 Å². The van der Waals surface area contributed by atoms with Gasteiger partial charge in [-0.15, -0.1) is 0 Å². The van der Waals surface area contributed by atoms with Gasteiger partial charge in [0.05, 0.1) is 12.0 Å².